The third kappa shape index (κ3) is 15.8. The molecule has 4 nitrogen and oxygen atoms in total. The van der Waals surface area contributed by atoms with Crippen molar-refractivity contribution >= 4 is 10.4 Å². The van der Waals surface area contributed by atoms with Gasteiger partial charge in [-0.05, 0) is 8.91 Å². The van der Waals surface area contributed by atoms with Gasteiger partial charge in [-0.25, -0.2) is 0 Å². The average molecular weight is 180 g/mol. The molecule has 0 unspecified atom stereocenters. The van der Waals surface area contributed by atoms with E-state index < -0.39 is 10.4 Å². The maximum Gasteiger partial charge on any atom is 1.00 e. The summed E-state index contributed by atoms with van der Waals surface area (Å²) in [5, 5.41) is 0. The van der Waals surface area contributed by atoms with E-state index in [-0.39, 0.29) is 37.4 Å². The first-order chi connectivity index (χ1) is 2.56. The molecule has 0 saturated carbocycles. The fourth-order valence-electron chi connectivity index (χ4n) is 0. The predicted octanol–water partition coefficient (Wildman–Crippen LogP) is -3.20. The molecule has 0 atom stereocenters. The molecule has 0 spiro atoms. The number of hydrogen-bond donors (Lipinski definition) is 1. The molecule has 0 bridgehead atoms. The van der Waals surface area contributed by atoms with Crippen LogP contribution in [0.1, 0.15) is 1.43 Å². The Balaban J connectivity index is -0.0000000417. The molecule has 0 heterocycles. The largest absolute Gasteiger partial charge is 1.00 e. The molecular weight excluding hydrogens is 178 g/mol. The molecule has 0 radical (unpaired) electrons. The molecule has 0 amide bonds. The van der Waals surface area contributed by atoms with Crippen LogP contribution in [-0.2, 0) is 31.9 Å². The first-order valence-electron chi connectivity index (χ1n) is 0.837. The Bertz CT molecular complexity index is 123. The monoisotopic (exact) mass is 180 g/mol. The molecule has 0 aliphatic carbocycles. The fraction of sp³-hybridized carbons (Fsp3) is 0. The molecule has 0 aliphatic heterocycles. The molecule has 0 rings (SSSR count). The molecule has 8 heavy (non-hydrogen) atoms. The van der Waals surface area contributed by atoms with Gasteiger partial charge in [0.25, 0.3) is 0 Å². The molecule has 0 aromatic heterocycles. The van der Waals surface area contributed by atoms with Crippen LogP contribution in [0.15, 0.2) is 0 Å². The van der Waals surface area contributed by atoms with Gasteiger partial charge in [-0.1, -0.05) is 0 Å². The van der Waals surface area contributed by atoms with Gasteiger partial charge >= 0.3 is 29.3 Å². The molecule has 0 aromatic carbocycles. The van der Waals surface area contributed by atoms with E-state index in [4.69, 9.17) is 13.0 Å². The summed E-state index contributed by atoms with van der Waals surface area (Å²) in [6, 6.07) is 0. The Labute approximate surface area is 69.8 Å². The van der Waals surface area contributed by atoms with Gasteiger partial charge in [-0.3, -0.25) is 4.55 Å². The molecule has 0 aliphatic rings. The maximum atomic E-state index is 10.2. The second-order valence-electron chi connectivity index (χ2n) is 0.491. The van der Waals surface area contributed by atoms with Gasteiger partial charge in [0.2, 0.25) is 0 Å². The topological polar surface area (TPSA) is 63.6 Å². The van der Waals surface area contributed by atoms with Gasteiger partial charge in [0.05, 0.1) is 0 Å². The number of hydrogen-bond acceptors (Lipinski definition) is 3. The van der Waals surface area contributed by atoms with E-state index in [9.17, 15) is 4.53 Å². The van der Waals surface area contributed by atoms with Gasteiger partial charge in [-0.2, -0.15) is 8.42 Å². The Morgan fingerprint density at radius 3 is 1.75 bits per heavy atom. The zero-order valence-electron chi connectivity index (χ0n) is 4.81. The third-order valence-corrected chi connectivity index (χ3v) is 0.239. The number of halogens is 1. The van der Waals surface area contributed by atoms with E-state index in [0.717, 1.165) is 0 Å². The number of rotatable bonds is 1. The summed E-state index contributed by atoms with van der Waals surface area (Å²) in [6.45, 7) is 0. The van der Waals surface area contributed by atoms with E-state index >= 15 is 0 Å². The van der Waals surface area contributed by atoms with Crippen molar-refractivity contribution in [3.8, 4) is 0 Å². The van der Waals surface area contributed by atoms with Crippen LogP contribution in [0.5, 0.6) is 0 Å². The Morgan fingerprint density at radius 1 is 1.62 bits per heavy atom. The summed E-state index contributed by atoms with van der Waals surface area (Å²) >= 11 is 0. The standard InChI is InChI=1S/FHO4S.Fe.Li.H/c1-5-6(2,3)4;;;/h(H,2,3,4);;;/q;;+1;-1. The molecule has 0 fully saturated rings. The zero-order chi connectivity index (χ0) is 5.21. The first-order valence-corrected chi connectivity index (χ1v) is 2.20. The van der Waals surface area contributed by atoms with Gasteiger partial charge < -0.3 is 1.43 Å². The fourth-order valence-corrected chi connectivity index (χ4v) is 0. The van der Waals surface area contributed by atoms with Crippen LogP contribution in [0.25, 0.3) is 0 Å². The Morgan fingerprint density at radius 2 is 1.75 bits per heavy atom. The molecule has 8 heteroatoms. The van der Waals surface area contributed by atoms with Gasteiger partial charge in [0, 0.05) is 17.1 Å². The van der Waals surface area contributed by atoms with Crippen molar-refractivity contribution in [3.63, 3.8) is 0 Å². The normalized spacial score (nSPS) is 8.75. The minimum atomic E-state index is -4.83. The van der Waals surface area contributed by atoms with Gasteiger partial charge in [0.1, 0.15) is 0 Å². The predicted molar refractivity (Wildman–Crippen MR) is 14.9 cm³/mol. The van der Waals surface area contributed by atoms with Crippen molar-refractivity contribution in [2.24, 2.45) is 0 Å². The van der Waals surface area contributed by atoms with Crippen molar-refractivity contribution < 1.29 is 59.2 Å². The quantitative estimate of drug-likeness (QED) is 0.341. The molecular formula is H2FFeLiO4S. The van der Waals surface area contributed by atoms with Crippen LogP contribution in [0.4, 0.5) is 4.53 Å². The van der Waals surface area contributed by atoms with E-state index in [2.05, 4.69) is 0 Å². The van der Waals surface area contributed by atoms with Crippen molar-refractivity contribution in [1.82, 2.24) is 0 Å². The van der Waals surface area contributed by atoms with E-state index in [1.165, 1.54) is 0 Å². The second-order valence-corrected chi connectivity index (χ2v) is 1.47. The van der Waals surface area contributed by atoms with E-state index in [1.54, 1.807) is 0 Å². The van der Waals surface area contributed by atoms with Crippen LogP contribution in [0.3, 0.4) is 0 Å². The van der Waals surface area contributed by atoms with Crippen molar-refractivity contribution in [1.29, 1.82) is 0 Å². The first kappa shape index (κ1) is 16.0. The molecule has 1 N–H and O–H groups in total. The summed E-state index contributed by atoms with van der Waals surface area (Å²) in [4.78, 5) is 0. The minimum Gasteiger partial charge on any atom is -1.00 e. The zero-order valence-corrected chi connectivity index (χ0v) is 5.73. The average Bonchev–Trinajstić information content (AvgIpc) is 1.35. The van der Waals surface area contributed by atoms with Crippen LogP contribution >= 0.6 is 0 Å². The summed E-state index contributed by atoms with van der Waals surface area (Å²) in [5.41, 5.74) is 0. The molecule has 0 aromatic rings. The Hall–Kier alpha value is 0.917. The van der Waals surface area contributed by atoms with Crippen LogP contribution in [0, 0.1) is 0 Å². The van der Waals surface area contributed by atoms with Crippen LogP contribution < -0.4 is 18.9 Å². The summed E-state index contributed by atoms with van der Waals surface area (Å²) in [5.74, 6) is 0. The maximum absolute atomic E-state index is 10.2. The Kier molecular flexibility index (Phi) is 12.1. The summed E-state index contributed by atoms with van der Waals surface area (Å²) in [6.07, 6.45) is 0. The van der Waals surface area contributed by atoms with E-state index in [1.807, 2.05) is 4.39 Å². The third-order valence-electron chi connectivity index (χ3n) is 0.0796. The smallest absolute Gasteiger partial charge is 1.00 e. The van der Waals surface area contributed by atoms with Crippen molar-refractivity contribution in [3.05, 3.63) is 0 Å². The molecule has 0 saturated heterocycles. The van der Waals surface area contributed by atoms with Crippen LogP contribution in [-0.4, -0.2) is 13.0 Å². The summed E-state index contributed by atoms with van der Waals surface area (Å²) < 4.78 is 37.2. The minimum absolute atomic E-state index is 0. The summed E-state index contributed by atoms with van der Waals surface area (Å²) in [7, 11) is -4.83. The van der Waals surface area contributed by atoms with Crippen LogP contribution in [0.2, 0.25) is 0 Å². The van der Waals surface area contributed by atoms with Gasteiger partial charge in [-0.15, -0.1) is 0 Å². The molecule has 48 valence electrons. The van der Waals surface area contributed by atoms with Gasteiger partial charge in [0.15, 0.2) is 0 Å². The van der Waals surface area contributed by atoms with E-state index in [0.29, 0.717) is 0 Å². The second kappa shape index (κ2) is 6.04. The van der Waals surface area contributed by atoms with Crippen molar-refractivity contribution in [2.75, 3.05) is 0 Å². The SMILES string of the molecule is O=S(=O)(O)OF.[Fe].[H-].[Li+]. The van der Waals surface area contributed by atoms with Crippen molar-refractivity contribution in [2.45, 2.75) is 0 Å².